The van der Waals surface area contributed by atoms with Gasteiger partial charge in [0.15, 0.2) is 11.0 Å². The summed E-state index contributed by atoms with van der Waals surface area (Å²) in [7, 11) is 1.62. The van der Waals surface area contributed by atoms with E-state index in [-0.39, 0.29) is 11.7 Å². The normalized spacial score (nSPS) is 10.8. The van der Waals surface area contributed by atoms with Crippen molar-refractivity contribution in [1.82, 2.24) is 19.9 Å². The molecule has 2 aromatic heterocycles. The molecule has 4 aromatic rings. The fourth-order valence-corrected chi connectivity index (χ4v) is 4.18. The van der Waals surface area contributed by atoms with Gasteiger partial charge < -0.3 is 21.2 Å². The third-order valence-electron chi connectivity index (χ3n) is 4.15. The predicted molar refractivity (Wildman–Crippen MR) is 119 cm³/mol. The summed E-state index contributed by atoms with van der Waals surface area (Å²) in [6.45, 7) is 0.397. The number of nitrogens with zero attached hydrogens (tertiary/aromatic N) is 4. The van der Waals surface area contributed by atoms with Crippen LogP contribution < -0.4 is 21.2 Å². The van der Waals surface area contributed by atoms with Crippen LogP contribution in [-0.4, -0.2) is 38.6 Å². The fraction of sp³-hybridized carbons (Fsp3) is 0.158. The number of carbonyl (C=O) groups is 1. The summed E-state index contributed by atoms with van der Waals surface area (Å²) in [5, 5.41) is 15.2. The third kappa shape index (κ3) is 4.63. The lowest BCUT2D eigenvalue weighted by Crippen LogP contribution is -2.18. The minimum Gasteiger partial charge on any atom is -0.497 e. The van der Waals surface area contributed by atoms with E-state index < -0.39 is 0 Å². The first-order chi connectivity index (χ1) is 14.6. The number of methoxy groups -OCH3 is 1. The molecule has 0 spiro atoms. The number of nitrogen functional groups attached to an aromatic ring is 1. The molecule has 2 aromatic carbocycles. The molecule has 9 nitrogen and oxygen atoms in total. The molecule has 4 rings (SSSR count). The van der Waals surface area contributed by atoms with Crippen molar-refractivity contribution in [3.05, 3.63) is 54.4 Å². The van der Waals surface area contributed by atoms with E-state index in [0.717, 1.165) is 21.7 Å². The quantitative estimate of drug-likeness (QED) is 0.282. The molecule has 1 amide bonds. The van der Waals surface area contributed by atoms with E-state index in [1.165, 1.54) is 27.8 Å². The lowest BCUT2D eigenvalue weighted by Gasteiger charge is -2.07. The Bertz CT molecular complexity index is 1120. The molecular formula is C19H19N7O2S2. The second-order valence-electron chi connectivity index (χ2n) is 6.17. The van der Waals surface area contributed by atoms with Crippen molar-refractivity contribution in [2.75, 3.05) is 29.3 Å². The van der Waals surface area contributed by atoms with Crippen molar-refractivity contribution < 1.29 is 9.53 Å². The zero-order chi connectivity index (χ0) is 20.9. The van der Waals surface area contributed by atoms with Gasteiger partial charge in [0.25, 0.3) is 0 Å². The largest absolute Gasteiger partial charge is 0.497 e. The molecule has 0 saturated heterocycles. The number of carbonyl (C=O) groups excluding carboxylic acids is 1. The van der Waals surface area contributed by atoms with Crippen molar-refractivity contribution >= 4 is 50.0 Å². The number of ether oxygens (including phenoxy) is 1. The van der Waals surface area contributed by atoms with Crippen LogP contribution in [0.3, 0.4) is 0 Å². The first kappa shape index (κ1) is 20.0. The third-order valence-corrected chi connectivity index (χ3v) is 6.04. The average molecular weight is 442 g/mol. The first-order valence-corrected chi connectivity index (χ1v) is 10.8. The number of fused-ring (bicyclic) bond motifs is 1. The highest BCUT2D eigenvalue weighted by Gasteiger charge is 2.13. The summed E-state index contributed by atoms with van der Waals surface area (Å²) in [6, 6.07) is 15.3. The molecule has 0 bridgehead atoms. The van der Waals surface area contributed by atoms with Gasteiger partial charge in [0.05, 0.1) is 29.6 Å². The van der Waals surface area contributed by atoms with E-state index >= 15 is 0 Å². The molecule has 0 aliphatic heterocycles. The van der Waals surface area contributed by atoms with Gasteiger partial charge >= 0.3 is 0 Å². The lowest BCUT2D eigenvalue weighted by molar-refractivity contribution is -0.113. The van der Waals surface area contributed by atoms with Crippen LogP contribution in [0.15, 0.2) is 53.7 Å². The Morgan fingerprint density at radius 3 is 2.77 bits per heavy atom. The van der Waals surface area contributed by atoms with E-state index in [2.05, 4.69) is 25.8 Å². The lowest BCUT2D eigenvalue weighted by atomic mass is 10.3. The Morgan fingerprint density at radius 1 is 1.20 bits per heavy atom. The fourth-order valence-electron chi connectivity index (χ4n) is 2.63. The number of hydrogen-bond acceptors (Lipinski definition) is 9. The smallest absolute Gasteiger partial charge is 0.236 e. The number of thiazole rings is 1. The van der Waals surface area contributed by atoms with Gasteiger partial charge in [0.1, 0.15) is 5.75 Å². The number of amides is 1. The topological polar surface area (TPSA) is 120 Å². The Hall–Kier alpha value is -3.31. The molecule has 0 atom stereocenters. The molecule has 4 N–H and O–H groups in total. The standard InChI is InChI=1S/C19H19N7O2S2/c1-28-13-8-6-12(7-9-13)21-10-16-24-25-19(26(16)20)29-11-17(27)23-18-22-14-4-2-3-5-15(14)30-18/h2-9,21H,10-11,20H2,1H3,(H,22,23,27). The molecule has 0 unspecified atom stereocenters. The number of para-hydroxylation sites is 1. The van der Waals surface area contributed by atoms with E-state index in [9.17, 15) is 4.79 Å². The summed E-state index contributed by atoms with van der Waals surface area (Å²) >= 11 is 2.65. The predicted octanol–water partition coefficient (Wildman–Crippen LogP) is 2.95. The number of anilines is 2. The molecule has 154 valence electrons. The van der Waals surface area contributed by atoms with Crippen LogP contribution in [0.5, 0.6) is 5.75 Å². The van der Waals surface area contributed by atoms with Crippen molar-refractivity contribution in [3.8, 4) is 5.75 Å². The van der Waals surface area contributed by atoms with Gasteiger partial charge in [-0.3, -0.25) is 4.79 Å². The number of benzene rings is 2. The molecule has 11 heteroatoms. The minimum atomic E-state index is -0.181. The first-order valence-electron chi connectivity index (χ1n) is 8.98. The number of hydrogen-bond donors (Lipinski definition) is 3. The summed E-state index contributed by atoms with van der Waals surface area (Å²) in [5.41, 5.74) is 1.77. The van der Waals surface area contributed by atoms with E-state index in [1.54, 1.807) is 7.11 Å². The molecule has 0 saturated carbocycles. The molecule has 0 radical (unpaired) electrons. The summed E-state index contributed by atoms with van der Waals surface area (Å²) in [6.07, 6.45) is 0. The zero-order valence-electron chi connectivity index (χ0n) is 16.0. The molecule has 0 aliphatic rings. The molecule has 0 fully saturated rings. The Morgan fingerprint density at radius 2 is 2.00 bits per heavy atom. The number of aromatic nitrogens is 4. The highest BCUT2D eigenvalue weighted by atomic mass is 32.2. The van der Waals surface area contributed by atoms with Crippen molar-refractivity contribution in [3.63, 3.8) is 0 Å². The second kappa shape index (κ2) is 9.01. The van der Waals surface area contributed by atoms with Gasteiger partial charge in [0, 0.05) is 5.69 Å². The zero-order valence-corrected chi connectivity index (χ0v) is 17.7. The molecular weight excluding hydrogens is 422 g/mol. The number of nitrogens with two attached hydrogens (primary N) is 1. The van der Waals surface area contributed by atoms with Crippen molar-refractivity contribution in [2.24, 2.45) is 0 Å². The molecule has 2 heterocycles. The van der Waals surface area contributed by atoms with E-state index in [1.807, 2.05) is 48.5 Å². The Kier molecular flexibility index (Phi) is 6.00. The van der Waals surface area contributed by atoms with Crippen molar-refractivity contribution in [1.29, 1.82) is 0 Å². The van der Waals surface area contributed by atoms with E-state index in [0.29, 0.717) is 22.7 Å². The Labute approximate surface area is 180 Å². The van der Waals surface area contributed by atoms with Crippen LogP contribution in [0, 0.1) is 0 Å². The minimum absolute atomic E-state index is 0.150. The monoisotopic (exact) mass is 441 g/mol. The molecule has 30 heavy (non-hydrogen) atoms. The van der Waals surface area contributed by atoms with Gasteiger partial charge in [-0.2, -0.15) is 0 Å². The number of nitrogens with one attached hydrogen (secondary N) is 2. The van der Waals surface area contributed by atoms with Crippen LogP contribution in [0.1, 0.15) is 5.82 Å². The highest BCUT2D eigenvalue weighted by Crippen LogP contribution is 2.25. The van der Waals surface area contributed by atoms with Crippen LogP contribution in [0.25, 0.3) is 10.2 Å². The van der Waals surface area contributed by atoms with Crippen LogP contribution in [0.2, 0.25) is 0 Å². The van der Waals surface area contributed by atoms with Gasteiger partial charge in [-0.25, -0.2) is 9.66 Å². The maximum absolute atomic E-state index is 12.3. The maximum Gasteiger partial charge on any atom is 0.236 e. The molecule has 0 aliphatic carbocycles. The summed E-state index contributed by atoms with van der Waals surface area (Å²) < 4.78 is 7.55. The van der Waals surface area contributed by atoms with Gasteiger partial charge in [-0.15, -0.1) is 10.2 Å². The summed E-state index contributed by atoms with van der Waals surface area (Å²) in [5.74, 6) is 7.38. The van der Waals surface area contributed by atoms with Gasteiger partial charge in [0.2, 0.25) is 11.1 Å². The number of rotatable bonds is 8. The SMILES string of the molecule is COc1ccc(NCc2nnc(SCC(=O)Nc3nc4ccccc4s3)n2N)cc1. The number of thioether (sulfide) groups is 1. The van der Waals surface area contributed by atoms with Crippen LogP contribution in [0.4, 0.5) is 10.8 Å². The van der Waals surface area contributed by atoms with Crippen LogP contribution in [-0.2, 0) is 11.3 Å². The highest BCUT2D eigenvalue weighted by molar-refractivity contribution is 7.99. The van der Waals surface area contributed by atoms with E-state index in [4.69, 9.17) is 10.6 Å². The van der Waals surface area contributed by atoms with Crippen LogP contribution >= 0.6 is 23.1 Å². The maximum atomic E-state index is 12.3. The van der Waals surface area contributed by atoms with Crippen molar-refractivity contribution in [2.45, 2.75) is 11.7 Å². The second-order valence-corrected chi connectivity index (χ2v) is 8.15. The Balaban J connectivity index is 1.30. The average Bonchev–Trinajstić information content (AvgIpc) is 3.33. The summed E-state index contributed by atoms with van der Waals surface area (Å²) in [4.78, 5) is 16.7. The van der Waals surface area contributed by atoms with Gasteiger partial charge in [-0.05, 0) is 36.4 Å². The van der Waals surface area contributed by atoms with Gasteiger partial charge in [-0.1, -0.05) is 35.2 Å².